The first-order chi connectivity index (χ1) is 14.2. The monoisotopic (exact) mass is 419 g/mol. The van der Waals surface area contributed by atoms with Crippen molar-refractivity contribution in [3.63, 3.8) is 0 Å². The third-order valence-electron chi connectivity index (χ3n) is 4.92. The number of benzene rings is 3. The molecule has 0 N–H and O–H groups in total. The van der Waals surface area contributed by atoms with Gasteiger partial charge in [-0.1, -0.05) is 89.6 Å². The van der Waals surface area contributed by atoms with Crippen LogP contribution in [0.1, 0.15) is 22.5 Å². The topological polar surface area (TPSA) is 30.7 Å². The van der Waals surface area contributed by atoms with Crippen molar-refractivity contribution in [3.8, 4) is 5.69 Å². The van der Waals surface area contributed by atoms with Crippen molar-refractivity contribution >= 4 is 34.1 Å². The molecule has 5 heteroatoms. The third-order valence-corrected chi connectivity index (χ3v) is 5.98. The van der Waals surface area contributed by atoms with Crippen molar-refractivity contribution in [3.05, 3.63) is 94.8 Å². The van der Waals surface area contributed by atoms with Gasteiger partial charge in [-0.25, -0.2) is 0 Å². The van der Waals surface area contributed by atoms with Crippen LogP contribution in [0.3, 0.4) is 0 Å². The number of hydrogen-bond donors (Lipinski definition) is 0. The van der Waals surface area contributed by atoms with Crippen molar-refractivity contribution in [2.45, 2.75) is 25.4 Å². The Morgan fingerprint density at radius 3 is 2.66 bits per heavy atom. The normalized spacial score (nSPS) is 11.6. The summed E-state index contributed by atoms with van der Waals surface area (Å²) in [5, 5.41) is 12.4. The first kappa shape index (κ1) is 19.7. The van der Waals surface area contributed by atoms with Crippen LogP contribution in [0.4, 0.5) is 0 Å². The van der Waals surface area contributed by atoms with Crippen LogP contribution in [0.15, 0.2) is 77.4 Å². The van der Waals surface area contributed by atoms with E-state index in [9.17, 15) is 0 Å². The summed E-state index contributed by atoms with van der Waals surface area (Å²) < 4.78 is 2.18. The fourth-order valence-electron chi connectivity index (χ4n) is 3.58. The van der Waals surface area contributed by atoms with Gasteiger partial charge in [-0.3, -0.25) is 4.57 Å². The molecule has 4 aromatic rings. The molecule has 146 valence electrons. The first-order valence-electron chi connectivity index (χ1n) is 9.54. The Morgan fingerprint density at radius 2 is 1.83 bits per heavy atom. The van der Waals surface area contributed by atoms with Gasteiger partial charge in [0.25, 0.3) is 0 Å². The first-order valence-corrected chi connectivity index (χ1v) is 11.0. The lowest BCUT2D eigenvalue weighted by atomic mass is 10.0. The highest BCUT2D eigenvalue weighted by Crippen LogP contribution is 2.28. The summed E-state index contributed by atoms with van der Waals surface area (Å²) >= 11 is 7.33. The maximum atomic E-state index is 5.70. The Kier molecular flexibility index (Phi) is 6.02. The third kappa shape index (κ3) is 4.24. The summed E-state index contributed by atoms with van der Waals surface area (Å²) in [5.41, 5.74) is 6.36. The molecule has 0 aliphatic carbocycles. The molecule has 0 unspecified atom stereocenters. The van der Waals surface area contributed by atoms with E-state index < -0.39 is 0 Å². The summed E-state index contributed by atoms with van der Waals surface area (Å²) in [6.07, 6.45) is 2.63. The van der Waals surface area contributed by atoms with Crippen LogP contribution in [0.25, 0.3) is 16.5 Å². The Hall–Kier alpha value is -2.56. The molecule has 0 aliphatic rings. The quantitative estimate of drug-likeness (QED) is 0.335. The lowest BCUT2D eigenvalue weighted by Crippen LogP contribution is -2.06. The Labute approximate surface area is 180 Å². The maximum absolute atomic E-state index is 5.70. The Balaban J connectivity index is 1.80. The highest BCUT2D eigenvalue weighted by atomic mass is 35.5. The summed E-state index contributed by atoms with van der Waals surface area (Å²) in [5.74, 6) is 1.69. The average Bonchev–Trinajstić information content (AvgIpc) is 3.11. The van der Waals surface area contributed by atoms with Crippen molar-refractivity contribution in [2.24, 2.45) is 0 Å². The molecule has 0 amide bonds. The summed E-state index contributed by atoms with van der Waals surface area (Å²) in [4.78, 5) is 0. The van der Waals surface area contributed by atoms with E-state index in [0.717, 1.165) is 22.4 Å². The van der Waals surface area contributed by atoms with Gasteiger partial charge in [-0.15, -0.1) is 10.2 Å². The predicted molar refractivity (Wildman–Crippen MR) is 123 cm³/mol. The van der Waals surface area contributed by atoms with E-state index in [4.69, 9.17) is 11.6 Å². The standard InChI is InChI=1S/C24H22ClN3S/c1-17-11-12-22(18(2)15-17)28-23(26-27-24(28)29-14-6-13-25)16-20-9-5-8-19-7-3-4-10-21(19)20/h3-13,15H,14,16H2,1-2H3/b13-6+. The molecule has 4 rings (SSSR count). The molecular formula is C24H22ClN3S. The zero-order chi connectivity index (χ0) is 20.2. The molecule has 0 fully saturated rings. The van der Waals surface area contributed by atoms with E-state index in [1.165, 1.54) is 27.5 Å². The van der Waals surface area contributed by atoms with Crippen LogP contribution in [0.2, 0.25) is 0 Å². The molecule has 0 atom stereocenters. The lowest BCUT2D eigenvalue weighted by molar-refractivity contribution is 0.843. The predicted octanol–water partition coefficient (Wildman–Crippen LogP) is 6.47. The van der Waals surface area contributed by atoms with Gasteiger partial charge >= 0.3 is 0 Å². The molecule has 3 nitrogen and oxygen atoms in total. The lowest BCUT2D eigenvalue weighted by Gasteiger charge is -2.14. The fourth-order valence-corrected chi connectivity index (χ4v) is 4.55. The van der Waals surface area contributed by atoms with Crippen LogP contribution < -0.4 is 0 Å². The second-order valence-electron chi connectivity index (χ2n) is 7.01. The molecule has 0 saturated heterocycles. The highest BCUT2D eigenvalue weighted by molar-refractivity contribution is 7.99. The van der Waals surface area contributed by atoms with Crippen LogP contribution in [0.5, 0.6) is 0 Å². The molecule has 0 spiro atoms. The van der Waals surface area contributed by atoms with Gasteiger partial charge in [0.15, 0.2) is 5.16 Å². The van der Waals surface area contributed by atoms with Gasteiger partial charge in [-0.2, -0.15) is 0 Å². The minimum Gasteiger partial charge on any atom is -0.273 e. The van der Waals surface area contributed by atoms with Gasteiger partial charge in [0.1, 0.15) is 5.82 Å². The minimum atomic E-state index is 0.716. The number of aryl methyl sites for hydroxylation is 2. The van der Waals surface area contributed by atoms with Crippen molar-refractivity contribution < 1.29 is 0 Å². The number of thioether (sulfide) groups is 1. The van der Waals surface area contributed by atoms with E-state index in [-0.39, 0.29) is 0 Å². The smallest absolute Gasteiger partial charge is 0.196 e. The molecular weight excluding hydrogens is 398 g/mol. The molecule has 29 heavy (non-hydrogen) atoms. The van der Waals surface area contributed by atoms with Gasteiger partial charge in [0, 0.05) is 17.7 Å². The maximum Gasteiger partial charge on any atom is 0.196 e. The highest BCUT2D eigenvalue weighted by Gasteiger charge is 2.17. The van der Waals surface area contributed by atoms with Gasteiger partial charge in [0.2, 0.25) is 0 Å². The fraction of sp³-hybridized carbons (Fsp3) is 0.167. The summed E-state index contributed by atoms with van der Waals surface area (Å²) in [7, 11) is 0. The van der Waals surface area contributed by atoms with E-state index >= 15 is 0 Å². The number of fused-ring (bicyclic) bond motifs is 1. The number of hydrogen-bond acceptors (Lipinski definition) is 3. The minimum absolute atomic E-state index is 0.716. The van der Waals surface area contributed by atoms with Gasteiger partial charge in [0.05, 0.1) is 5.69 Å². The molecule has 0 aliphatic heterocycles. The molecule has 0 radical (unpaired) electrons. The number of nitrogens with zero attached hydrogens (tertiary/aromatic N) is 3. The average molecular weight is 420 g/mol. The van der Waals surface area contributed by atoms with E-state index in [2.05, 4.69) is 89.3 Å². The Bertz CT molecular complexity index is 1170. The SMILES string of the molecule is Cc1ccc(-n2c(Cc3cccc4ccccc34)nnc2SC/C=C/Cl)c(C)c1. The summed E-state index contributed by atoms with van der Waals surface area (Å²) in [6.45, 7) is 4.25. The molecule has 1 aromatic heterocycles. The molecule has 0 bridgehead atoms. The van der Waals surface area contributed by atoms with Crippen LogP contribution in [0, 0.1) is 13.8 Å². The largest absolute Gasteiger partial charge is 0.273 e. The molecule has 0 saturated carbocycles. The van der Waals surface area contributed by atoms with Gasteiger partial charge in [-0.05, 0) is 41.8 Å². The molecule has 3 aromatic carbocycles. The van der Waals surface area contributed by atoms with E-state index in [0.29, 0.717) is 6.42 Å². The van der Waals surface area contributed by atoms with Crippen LogP contribution >= 0.6 is 23.4 Å². The van der Waals surface area contributed by atoms with Crippen molar-refractivity contribution in [1.82, 2.24) is 14.8 Å². The number of rotatable bonds is 6. The van der Waals surface area contributed by atoms with Crippen molar-refractivity contribution in [2.75, 3.05) is 5.75 Å². The zero-order valence-corrected chi connectivity index (χ0v) is 18.0. The number of halogens is 1. The van der Waals surface area contributed by atoms with Crippen LogP contribution in [-0.4, -0.2) is 20.5 Å². The summed E-state index contributed by atoms with van der Waals surface area (Å²) in [6, 6.07) is 21.4. The van der Waals surface area contributed by atoms with Crippen LogP contribution in [-0.2, 0) is 6.42 Å². The van der Waals surface area contributed by atoms with Gasteiger partial charge < -0.3 is 0 Å². The Morgan fingerprint density at radius 1 is 1.00 bits per heavy atom. The zero-order valence-electron chi connectivity index (χ0n) is 16.5. The molecule has 1 heterocycles. The second kappa shape index (κ2) is 8.85. The van der Waals surface area contributed by atoms with E-state index in [1.54, 1.807) is 17.3 Å². The van der Waals surface area contributed by atoms with Crippen molar-refractivity contribution in [1.29, 1.82) is 0 Å². The van der Waals surface area contributed by atoms with E-state index in [1.807, 2.05) is 6.08 Å². The number of aromatic nitrogens is 3. The second-order valence-corrected chi connectivity index (χ2v) is 8.25.